The fourth-order valence-corrected chi connectivity index (χ4v) is 2.89. The third kappa shape index (κ3) is 4.49. The van der Waals surface area contributed by atoms with Crippen LogP contribution in [0.3, 0.4) is 0 Å². The van der Waals surface area contributed by atoms with E-state index in [1.165, 1.54) is 11.3 Å². The Kier molecular flexibility index (Phi) is 6.02. The van der Waals surface area contributed by atoms with Gasteiger partial charge in [0.15, 0.2) is 0 Å². The molecule has 3 rings (SSSR count). The second kappa shape index (κ2) is 8.63. The molecule has 1 fully saturated rings. The lowest BCUT2D eigenvalue weighted by atomic mass is 10.1. The van der Waals surface area contributed by atoms with Gasteiger partial charge < -0.3 is 14.4 Å². The number of anilines is 1. The number of aryl methyl sites for hydroxylation is 1. The van der Waals surface area contributed by atoms with Crippen molar-refractivity contribution in [1.29, 1.82) is 0 Å². The smallest absolute Gasteiger partial charge is 0.338 e. The molecule has 0 aliphatic carbocycles. The van der Waals surface area contributed by atoms with E-state index in [-0.39, 0.29) is 5.97 Å². The Hall–Kier alpha value is -2.66. The predicted octanol–water partition coefficient (Wildman–Crippen LogP) is 3.76. The summed E-state index contributed by atoms with van der Waals surface area (Å²) < 4.78 is 10.4. The normalized spacial score (nSPS) is 14.6. The van der Waals surface area contributed by atoms with E-state index in [2.05, 4.69) is 35.0 Å². The van der Waals surface area contributed by atoms with Crippen molar-refractivity contribution in [2.45, 2.75) is 13.8 Å². The summed E-state index contributed by atoms with van der Waals surface area (Å²) in [6.45, 7) is 7.64. The van der Waals surface area contributed by atoms with E-state index < -0.39 is 0 Å². The second-order valence-electron chi connectivity index (χ2n) is 6.17. The van der Waals surface area contributed by atoms with Crippen LogP contribution in [0.2, 0.25) is 0 Å². The molecule has 5 nitrogen and oxygen atoms in total. The number of nitrogens with zero attached hydrogens (tertiary/aromatic N) is 2. The van der Waals surface area contributed by atoms with Crippen molar-refractivity contribution in [2.75, 3.05) is 37.8 Å². The summed E-state index contributed by atoms with van der Waals surface area (Å²) in [5, 5.41) is 0. The van der Waals surface area contributed by atoms with Gasteiger partial charge in [-0.3, -0.25) is 4.99 Å². The molecule has 0 atom stereocenters. The largest absolute Gasteiger partial charge is 0.462 e. The molecule has 26 heavy (non-hydrogen) atoms. The standard InChI is InChI=1S/C21H24N2O3/c1-3-26-21(24)17-5-4-6-19(14-17)22-15-18-7-8-20(13-16(18)2)23-9-11-25-12-10-23/h4-8,13-15H,3,9-12H2,1-2H3. The Labute approximate surface area is 154 Å². The average Bonchev–Trinajstić information content (AvgIpc) is 2.68. The molecule has 0 bridgehead atoms. The molecule has 1 heterocycles. The van der Waals surface area contributed by atoms with Crippen LogP contribution in [0.25, 0.3) is 0 Å². The zero-order valence-electron chi connectivity index (χ0n) is 15.3. The van der Waals surface area contributed by atoms with Crippen LogP contribution >= 0.6 is 0 Å². The predicted molar refractivity (Wildman–Crippen MR) is 104 cm³/mol. The Morgan fingerprint density at radius 3 is 2.77 bits per heavy atom. The van der Waals surface area contributed by atoms with Crippen molar-refractivity contribution in [3.05, 3.63) is 59.2 Å². The first-order chi connectivity index (χ1) is 12.7. The van der Waals surface area contributed by atoms with Gasteiger partial charge in [-0.05, 0) is 55.3 Å². The van der Waals surface area contributed by atoms with E-state index >= 15 is 0 Å². The zero-order valence-corrected chi connectivity index (χ0v) is 15.3. The molecule has 0 spiro atoms. The van der Waals surface area contributed by atoms with Crippen LogP contribution in [0.1, 0.15) is 28.4 Å². The van der Waals surface area contributed by atoms with E-state index in [0.29, 0.717) is 12.2 Å². The Morgan fingerprint density at radius 2 is 2.04 bits per heavy atom. The minimum absolute atomic E-state index is 0.324. The maximum Gasteiger partial charge on any atom is 0.338 e. The number of benzene rings is 2. The molecule has 0 aromatic heterocycles. The summed E-state index contributed by atoms with van der Waals surface area (Å²) in [6.07, 6.45) is 1.84. The van der Waals surface area contributed by atoms with Crippen molar-refractivity contribution >= 4 is 23.6 Å². The molecule has 136 valence electrons. The minimum atomic E-state index is -0.324. The van der Waals surface area contributed by atoms with Crippen molar-refractivity contribution in [3.8, 4) is 0 Å². The molecule has 1 aliphatic rings. The summed E-state index contributed by atoms with van der Waals surface area (Å²) in [6, 6.07) is 13.5. The fourth-order valence-electron chi connectivity index (χ4n) is 2.89. The lowest BCUT2D eigenvalue weighted by molar-refractivity contribution is 0.0526. The molecular formula is C21H24N2O3. The van der Waals surface area contributed by atoms with E-state index in [1.807, 2.05) is 18.3 Å². The van der Waals surface area contributed by atoms with Gasteiger partial charge >= 0.3 is 5.97 Å². The highest BCUT2D eigenvalue weighted by Gasteiger charge is 2.11. The number of carbonyl (C=O) groups excluding carboxylic acids is 1. The molecule has 1 aliphatic heterocycles. The summed E-state index contributed by atoms with van der Waals surface area (Å²) in [4.78, 5) is 18.7. The molecule has 2 aromatic carbocycles. The van der Waals surface area contributed by atoms with Crippen LogP contribution in [0.15, 0.2) is 47.5 Å². The number of carbonyl (C=O) groups is 1. The number of aliphatic imine (C=N–C) groups is 1. The molecule has 0 unspecified atom stereocenters. The number of hydrogen-bond donors (Lipinski definition) is 0. The van der Waals surface area contributed by atoms with E-state index in [0.717, 1.165) is 37.6 Å². The maximum absolute atomic E-state index is 11.8. The third-order valence-corrected chi connectivity index (χ3v) is 4.34. The highest BCUT2D eigenvalue weighted by Crippen LogP contribution is 2.21. The molecule has 0 radical (unpaired) electrons. The number of hydrogen-bond acceptors (Lipinski definition) is 5. The van der Waals surface area contributed by atoms with Crippen molar-refractivity contribution in [3.63, 3.8) is 0 Å². The second-order valence-corrected chi connectivity index (χ2v) is 6.17. The minimum Gasteiger partial charge on any atom is -0.462 e. The summed E-state index contributed by atoms with van der Waals surface area (Å²) in [5.74, 6) is -0.324. The van der Waals surface area contributed by atoms with Gasteiger partial charge in [-0.25, -0.2) is 4.79 Å². The highest BCUT2D eigenvalue weighted by atomic mass is 16.5. The van der Waals surface area contributed by atoms with Gasteiger partial charge in [0, 0.05) is 25.0 Å². The Morgan fingerprint density at radius 1 is 1.23 bits per heavy atom. The first kappa shape index (κ1) is 18.1. The van der Waals surface area contributed by atoms with Gasteiger partial charge in [0.25, 0.3) is 0 Å². The van der Waals surface area contributed by atoms with Gasteiger partial charge in [0.1, 0.15) is 0 Å². The van der Waals surface area contributed by atoms with Gasteiger partial charge in [-0.1, -0.05) is 12.1 Å². The molecular weight excluding hydrogens is 328 g/mol. The fraction of sp³-hybridized carbons (Fsp3) is 0.333. The maximum atomic E-state index is 11.8. The number of morpholine rings is 1. The van der Waals surface area contributed by atoms with Crippen LogP contribution in [-0.4, -0.2) is 45.1 Å². The highest BCUT2D eigenvalue weighted by molar-refractivity contribution is 5.91. The average molecular weight is 352 g/mol. The summed E-state index contributed by atoms with van der Waals surface area (Å²) >= 11 is 0. The van der Waals surface area contributed by atoms with E-state index in [4.69, 9.17) is 9.47 Å². The zero-order chi connectivity index (χ0) is 18.4. The van der Waals surface area contributed by atoms with Gasteiger partial charge in [0.2, 0.25) is 0 Å². The van der Waals surface area contributed by atoms with Crippen molar-refractivity contribution < 1.29 is 14.3 Å². The summed E-state index contributed by atoms with van der Waals surface area (Å²) in [7, 11) is 0. The molecule has 5 heteroatoms. The first-order valence-electron chi connectivity index (χ1n) is 8.92. The number of ether oxygens (including phenoxy) is 2. The molecule has 0 amide bonds. The van der Waals surface area contributed by atoms with Gasteiger partial charge in [-0.2, -0.15) is 0 Å². The molecule has 0 N–H and O–H groups in total. The lowest BCUT2D eigenvalue weighted by Gasteiger charge is -2.29. The topological polar surface area (TPSA) is 51.1 Å². The monoisotopic (exact) mass is 352 g/mol. The number of rotatable bonds is 5. The van der Waals surface area contributed by atoms with Gasteiger partial charge in [0.05, 0.1) is 31.1 Å². The van der Waals surface area contributed by atoms with Gasteiger partial charge in [-0.15, -0.1) is 0 Å². The van der Waals surface area contributed by atoms with Crippen LogP contribution in [0.5, 0.6) is 0 Å². The Bertz CT molecular complexity index is 796. The first-order valence-corrected chi connectivity index (χ1v) is 8.92. The lowest BCUT2D eigenvalue weighted by Crippen LogP contribution is -2.36. The van der Waals surface area contributed by atoms with Crippen LogP contribution in [-0.2, 0) is 9.47 Å². The van der Waals surface area contributed by atoms with Crippen LogP contribution in [0.4, 0.5) is 11.4 Å². The molecule has 2 aromatic rings. The van der Waals surface area contributed by atoms with Crippen LogP contribution < -0.4 is 4.90 Å². The Balaban J connectivity index is 1.74. The van der Waals surface area contributed by atoms with Crippen molar-refractivity contribution in [2.24, 2.45) is 4.99 Å². The quantitative estimate of drug-likeness (QED) is 0.607. The summed E-state index contributed by atoms with van der Waals surface area (Å²) in [5.41, 5.74) is 4.68. The van der Waals surface area contributed by atoms with E-state index in [1.54, 1.807) is 19.1 Å². The third-order valence-electron chi connectivity index (χ3n) is 4.34. The van der Waals surface area contributed by atoms with E-state index in [9.17, 15) is 4.79 Å². The van der Waals surface area contributed by atoms with Crippen molar-refractivity contribution in [1.82, 2.24) is 0 Å². The van der Waals surface area contributed by atoms with Crippen LogP contribution in [0, 0.1) is 6.92 Å². The molecule has 0 saturated carbocycles. The SMILES string of the molecule is CCOC(=O)c1cccc(N=Cc2ccc(N3CCOCC3)cc2C)c1. The molecule has 1 saturated heterocycles. The number of esters is 1.